The molecule has 2 fully saturated rings. The van der Waals surface area contributed by atoms with E-state index in [1.807, 2.05) is 42.2 Å². The molecule has 5 rings (SSSR count). The molecule has 2 saturated heterocycles. The Labute approximate surface area is 232 Å². The second kappa shape index (κ2) is 11.8. The number of benzene rings is 2. The molecule has 0 radical (unpaired) electrons. The predicted octanol–water partition coefficient (Wildman–Crippen LogP) is 5.49. The average Bonchev–Trinajstić information content (AvgIpc) is 2.96. The van der Waals surface area contributed by atoms with Gasteiger partial charge in [0.25, 0.3) is 11.8 Å². The fraction of sp³-hybridized carbons (Fsp3) is 0.367. The number of carbonyl (C=O) groups excluding carboxylic acids is 2. The highest BCUT2D eigenvalue weighted by Gasteiger charge is 2.32. The van der Waals surface area contributed by atoms with Crippen molar-refractivity contribution in [1.29, 1.82) is 0 Å². The zero-order valence-corrected chi connectivity index (χ0v) is 22.6. The number of piperidine rings is 2. The Morgan fingerprint density at radius 3 is 2.33 bits per heavy atom. The SMILES string of the molecule is Cc1ccc(-c2ncccc2C(=O)N2CCC(N3CCC(NC(=O)c4c(F)ccc(Cl)c4F)CC3)CC2)cc1. The van der Waals surface area contributed by atoms with Gasteiger partial charge in [-0.15, -0.1) is 0 Å². The predicted molar refractivity (Wildman–Crippen MR) is 147 cm³/mol. The van der Waals surface area contributed by atoms with Crippen molar-refractivity contribution in [1.82, 2.24) is 20.1 Å². The third-order valence-corrected chi connectivity index (χ3v) is 8.06. The van der Waals surface area contributed by atoms with Crippen LogP contribution in [0, 0.1) is 18.6 Å². The first kappa shape index (κ1) is 27.2. The van der Waals surface area contributed by atoms with Gasteiger partial charge in [-0.1, -0.05) is 41.4 Å². The number of nitrogens with zero attached hydrogens (tertiary/aromatic N) is 3. The number of hydrogen-bond acceptors (Lipinski definition) is 4. The molecular formula is C30H31ClF2N4O2. The van der Waals surface area contributed by atoms with E-state index in [1.165, 1.54) is 0 Å². The van der Waals surface area contributed by atoms with Crippen molar-refractivity contribution >= 4 is 23.4 Å². The molecule has 0 saturated carbocycles. The van der Waals surface area contributed by atoms with Crippen LogP contribution in [0.2, 0.25) is 5.02 Å². The number of aromatic nitrogens is 1. The highest BCUT2D eigenvalue weighted by atomic mass is 35.5. The van der Waals surface area contributed by atoms with E-state index in [0.29, 0.717) is 43.2 Å². The van der Waals surface area contributed by atoms with Crippen LogP contribution < -0.4 is 5.32 Å². The molecule has 1 N–H and O–H groups in total. The Balaban J connectivity index is 1.14. The third-order valence-electron chi connectivity index (χ3n) is 7.77. The monoisotopic (exact) mass is 552 g/mol. The smallest absolute Gasteiger partial charge is 0.257 e. The molecular weight excluding hydrogens is 522 g/mol. The standard InChI is InChI=1S/C30H31ClF2N4O2/c1-19-4-6-20(7-5-19)28-23(3-2-14-34-28)30(39)37-17-12-22(13-18-37)36-15-10-21(11-16-36)35-29(38)26-25(32)9-8-24(31)27(26)33/h2-9,14,21-22H,10-13,15-18H2,1H3,(H,35,38). The summed E-state index contributed by atoms with van der Waals surface area (Å²) in [5.41, 5.74) is 2.76. The van der Waals surface area contributed by atoms with E-state index in [9.17, 15) is 18.4 Å². The molecule has 3 heterocycles. The number of nitrogens with one attached hydrogen (secondary N) is 1. The number of pyridine rings is 1. The fourth-order valence-corrected chi connectivity index (χ4v) is 5.68. The van der Waals surface area contributed by atoms with E-state index in [-0.39, 0.29) is 17.0 Å². The Morgan fingerprint density at radius 1 is 0.949 bits per heavy atom. The quantitative estimate of drug-likeness (QED) is 0.425. The summed E-state index contributed by atoms with van der Waals surface area (Å²) >= 11 is 5.73. The van der Waals surface area contributed by atoms with Gasteiger partial charge >= 0.3 is 0 Å². The van der Waals surface area contributed by atoms with Gasteiger partial charge in [0.15, 0.2) is 5.82 Å². The van der Waals surface area contributed by atoms with Crippen molar-refractivity contribution in [3.63, 3.8) is 0 Å². The van der Waals surface area contributed by atoms with E-state index in [2.05, 4.69) is 15.2 Å². The maximum atomic E-state index is 14.2. The Hall–Kier alpha value is -3.36. The van der Waals surface area contributed by atoms with Gasteiger partial charge in [-0.2, -0.15) is 0 Å². The molecule has 39 heavy (non-hydrogen) atoms. The van der Waals surface area contributed by atoms with Crippen LogP contribution in [0.15, 0.2) is 54.7 Å². The minimum atomic E-state index is -1.04. The van der Waals surface area contributed by atoms with Gasteiger partial charge in [0, 0.05) is 50.0 Å². The molecule has 0 spiro atoms. The largest absolute Gasteiger partial charge is 0.349 e. The van der Waals surface area contributed by atoms with Crippen LogP contribution in [-0.2, 0) is 0 Å². The molecule has 2 aromatic carbocycles. The van der Waals surface area contributed by atoms with Gasteiger partial charge in [-0.3, -0.25) is 14.6 Å². The summed E-state index contributed by atoms with van der Waals surface area (Å²) in [4.78, 5) is 34.8. The molecule has 2 amide bonds. The highest BCUT2D eigenvalue weighted by Crippen LogP contribution is 2.27. The zero-order chi connectivity index (χ0) is 27.5. The molecule has 0 atom stereocenters. The number of halogens is 3. The average molecular weight is 553 g/mol. The van der Waals surface area contributed by atoms with Crippen molar-refractivity contribution < 1.29 is 18.4 Å². The first-order chi connectivity index (χ1) is 18.8. The summed E-state index contributed by atoms with van der Waals surface area (Å²) in [6.45, 7) is 4.89. The summed E-state index contributed by atoms with van der Waals surface area (Å²) in [6, 6.07) is 13.9. The van der Waals surface area contributed by atoms with E-state index < -0.39 is 23.1 Å². The maximum absolute atomic E-state index is 14.2. The molecule has 3 aromatic rings. The maximum Gasteiger partial charge on any atom is 0.257 e. The highest BCUT2D eigenvalue weighted by molar-refractivity contribution is 6.31. The number of aryl methyl sites for hydroxylation is 1. The van der Waals surface area contributed by atoms with Gasteiger partial charge < -0.3 is 15.1 Å². The molecule has 0 bridgehead atoms. The fourth-order valence-electron chi connectivity index (χ4n) is 5.53. The van der Waals surface area contributed by atoms with E-state index in [1.54, 1.807) is 12.3 Å². The van der Waals surface area contributed by atoms with Crippen molar-refractivity contribution in [2.75, 3.05) is 26.2 Å². The second-order valence-electron chi connectivity index (χ2n) is 10.3. The molecule has 1 aromatic heterocycles. The van der Waals surface area contributed by atoms with Crippen molar-refractivity contribution in [3.05, 3.63) is 88.1 Å². The van der Waals surface area contributed by atoms with Crippen LogP contribution in [-0.4, -0.2) is 64.9 Å². The van der Waals surface area contributed by atoms with E-state index in [0.717, 1.165) is 49.2 Å². The minimum absolute atomic E-state index is 0.000902. The zero-order valence-electron chi connectivity index (χ0n) is 21.8. The lowest BCUT2D eigenvalue weighted by atomic mass is 9.96. The Morgan fingerprint density at radius 2 is 1.64 bits per heavy atom. The van der Waals surface area contributed by atoms with Gasteiger partial charge in [-0.25, -0.2) is 8.78 Å². The number of amides is 2. The van der Waals surface area contributed by atoms with Gasteiger partial charge in [0.1, 0.15) is 11.4 Å². The topological polar surface area (TPSA) is 65.5 Å². The van der Waals surface area contributed by atoms with Crippen LogP contribution in [0.4, 0.5) is 8.78 Å². The van der Waals surface area contributed by atoms with Crippen LogP contribution in [0.5, 0.6) is 0 Å². The summed E-state index contributed by atoms with van der Waals surface area (Å²) < 4.78 is 28.3. The lowest BCUT2D eigenvalue weighted by molar-refractivity contribution is 0.0566. The summed E-state index contributed by atoms with van der Waals surface area (Å²) in [5, 5.41) is 2.49. The third kappa shape index (κ3) is 5.97. The van der Waals surface area contributed by atoms with Crippen molar-refractivity contribution in [2.24, 2.45) is 0 Å². The first-order valence-corrected chi connectivity index (χ1v) is 13.7. The van der Waals surface area contributed by atoms with Crippen molar-refractivity contribution in [3.8, 4) is 11.3 Å². The Kier molecular flexibility index (Phi) is 8.23. The van der Waals surface area contributed by atoms with Crippen LogP contribution >= 0.6 is 11.6 Å². The normalized spacial score (nSPS) is 17.3. The number of rotatable bonds is 5. The van der Waals surface area contributed by atoms with Crippen LogP contribution in [0.25, 0.3) is 11.3 Å². The number of likely N-dealkylation sites (tertiary alicyclic amines) is 2. The summed E-state index contributed by atoms with van der Waals surface area (Å²) in [6.07, 6.45) is 4.81. The van der Waals surface area contributed by atoms with E-state index in [4.69, 9.17) is 11.6 Å². The lowest BCUT2D eigenvalue weighted by Crippen LogP contribution is -2.51. The van der Waals surface area contributed by atoms with E-state index >= 15 is 0 Å². The first-order valence-electron chi connectivity index (χ1n) is 13.3. The molecule has 2 aliphatic heterocycles. The molecule has 204 valence electrons. The summed E-state index contributed by atoms with van der Waals surface area (Å²) in [7, 11) is 0. The summed E-state index contributed by atoms with van der Waals surface area (Å²) in [5.74, 6) is -2.74. The molecule has 0 aliphatic carbocycles. The van der Waals surface area contributed by atoms with Crippen LogP contribution in [0.1, 0.15) is 52.0 Å². The van der Waals surface area contributed by atoms with Crippen LogP contribution in [0.3, 0.4) is 0 Å². The number of carbonyl (C=O) groups is 2. The minimum Gasteiger partial charge on any atom is -0.349 e. The number of hydrogen-bond donors (Lipinski definition) is 1. The molecule has 9 heteroatoms. The van der Waals surface area contributed by atoms with Gasteiger partial charge in [-0.05, 0) is 56.9 Å². The molecule has 2 aliphatic rings. The Bertz CT molecular complexity index is 1350. The van der Waals surface area contributed by atoms with Gasteiger partial charge in [0.05, 0.1) is 16.3 Å². The van der Waals surface area contributed by atoms with Crippen molar-refractivity contribution in [2.45, 2.75) is 44.7 Å². The second-order valence-corrected chi connectivity index (χ2v) is 10.7. The lowest BCUT2D eigenvalue weighted by Gasteiger charge is -2.42. The van der Waals surface area contributed by atoms with Gasteiger partial charge in [0.2, 0.25) is 0 Å². The molecule has 0 unspecified atom stereocenters. The molecule has 6 nitrogen and oxygen atoms in total.